The summed E-state index contributed by atoms with van der Waals surface area (Å²) in [7, 11) is -3.81. The predicted octanol–water partition coefficient (Wildman–Crippen LogP) is 7.23. The lowest BCUT2D eigenvalue weighted by molar-refractivity contribution is 0.282. The van der Waals surface area contributed by atoms with Crippen molar-refractivity contribution in [3.8, 4) is 0 Å². The monoisotopic (exact) mass is 532 g/mol. The number of hydrogen-bond acceptors (Lipinski definition) is 3. The maximum absolute atomic E-state index is 13.5. The molecular formula is C31H33ClN2O2S. The number of halogens is 1. The molecule has 0 aromatic heterocycles. The molecule has 4 aromatic rings. The average Bonchev–Trinajstić information content (AvgIpc) is 2.92. The van der Waals surface area contributed by atoms with Crippen LogP contribution >= 0.6 is 11.8 Å². The van der Waals surface area contributed by atoms with Crippen LogP contribution in [0.15, 0.2) is 120 Å². The Hall–Kier alpha value is -2.96. The molecule has 0 aliphatic rings. The second-order valence-corrected chi connectivity index (χ2v) is 11.4. The molecule has 0 amide bonds. The molecule has 4 rings (SSSR count). The Bertz CT molecular complexity index is 1330. The van der Waals surface area contributed by atoms with Gasteiger partial charge in [-0.25, -0.2) is 17.6 Å². The number of unbranched alkanes of at least 4 members (excludes halogenated alkanes) is 1. The van der Waals surface area contributed by atoms with E-state index in [2.05, 4.69) is 29.0 Å². The zero-order valence-corrected chi connectivity index (χ0v) is 22.6. The van der Waals surface area contributed by atoms with Crippen LogP contribution in [-0.4, -0.2) is 19.4 Å². The van der Waals surface area contributed by atoms with E-state index >= 15 is 0 Å². The number of sulfonamides is 1. The van der Waals surface area contributed by atoms with Crippen molar-refractivity contribution in [3.05, 3.63) is 138 Å². The average molecular weight is 533 g/mol. The van der Waals surface area contributed by atoms with Crippen molar-refractivity contribution in [2.75, 3.05) is 6.54 Å². The first-order chi connectivity index (χ1) is 17.9. The smallest absolute Gasteiger partial charge is 0.211 e. The third kappa shape index (κ3) is 7.53. The van der Waals surface area contributed by atoms with Crippen LogP contribution in [0.5, 0.6) is 0 Å². The van der Waals surface area contributed by atoms with Gasteiger partial charge in [0.15, 0.2) is 0 Å². The van der Waals surface area contributed by atoms with E-state index in [1.807, 2.05) is 73.7 Å². The van der Waals surface area contributed by atoms with Crippen molar-refractivity contribution < 1.29 is 8.42 Å². The molecule has 0 fully saturated rings. The first-order valence-corrected chi connectivity index (χ1v) is 14.4. The molecule has 37 heavy (non-hydrogen) atoms. The summed E-state index contributed by atoms with van der Waals surface area (Å²) in [5, 5.41) is 0. The lowest BCUT2D eigenvalue weighted by Crippen LogP contribution is -2.38. The van der Waals surface area contributed by atoms with Crippen LogP contribution in [-0.2, 0) is 16.4 Å². The van der Waals surface area contributed by atoms with Gasteiger partial charge in [0.05, 0.1) is 17.0 Å². The number of hydrogen-bond donors (Lipinski definition) is 1. The van der Waals surface area contributed by atoms with Gasteiger partial charge < -0.3 is 0 Å². The minimum absolute atomic E-state index is 0.231. The Balaban J connectivity index is 1.61. The van der Waals surface area contributed by atoms with Gasteiger partial charge in [0.25, 0.3) is 0 Å². The lowest BCUT2D eigenvalue weighted by atomic mass is 9.94. The topological polar surface area (TPSA) is 49.4 Å². The van der Waals surface area contributed by atoms with Crippen LogP contribution < -0.4 is 4.72 Å². The van der Waals surface area contributed by atoms with E-state index in [-0.39, 0.29) is 4.90 Å². The van der Waals surface area contributed by atoms with Gasteiger partial charge in [0.1, 0.15) is 0 Å². The number of rotatable bonds is 12. The highest BCUT2D eigenvalue weighted by atomic mass is 35.5. The highest BCUT2D eigenvalue weighted by Crippen LogP contribution is 2.37. The van der Waals surface area contributed by atoms with Gasteiger partial charge in [0.2, 0.25) is 10.0 Å². The van der Waals surface area contributed by atoms with Gasteiger partial charge >= 0.3 is 0 Å². The van der Waals surface area contributed by atoms with Crippen LogP contribution in [0, 0.1) is 6.92 Å². The molecule has 0 bridgehead atoms. The summed E-state index contributed by atoms with van der Waals surface area (Å²) in [5.41, 5.74) is 4.10. The zero-order valence-electron chi connectivity index (χ0n) is 21.0. The maximum Gasteiger partial charge on any atom is 0.241 e. The fraction of sp³-hybridized carbons (Fsp3) is 0.226. The molecular weight excluding hydrogens is 500 g/mol. The molecule has 0 heterocycles. The molecule has 0 radical (unpaired) electrons. The molecule has 4 aromatic carbocycles. The van der Waals surface area contributed by atoms with Gasteiger partial charge in [-0.1, -0.05) is 109 Å². The number of nitrogens with one attached hydrogen (secondary N) is 1. The predicted molar refractivity (Wildman–Crippen MR) is 152 cm³/mol. The van der Waals surface area contributed by atoms with Crippen LogP contribution in [0.25, 0.3) is 0 Å². The molecule has 4 nitrogen and oxygen atoms in total. The van der Waals surface area contributed by atoms with Crippen molar-refractivity contribution in [2.24, 2.45) is 0 Å². The van der Waals surface area contributed by atoms with Crippen LogP contribution in [0.3, 0.4) is 0 Å². The molecule has 2 unspecified atom stereocenters. The standard InChI is InChI=1S/C31H33ClN2O2S/c1-25-20-22-29(23-21-25)37(35,36)33-30(27-16-7-3-8-17-27)31(28-18-9-4-10-19-28)34(32)24-12-11-15-26-13-5-2-6-14-26/h2-10,13-14,16-23,30-31,33H,11-12,15,24H2,1H3. The molecule has 0 aliphatic heterocycles. The summed E-state index contributed by atoms with van der Waals surface area (Å²) in [5.74, 6) is 0. The van der Waals surface area contributed by atoms with Gasteiger partial charge in [-0.05, 0) is 66.8 Å². The van der Waals surface area contributed by atoms with Gasteiger partial charge in [-0.15, -0.1) is 0 Å². The minimum Gasteiger partial charge on any atom is -0.211 e. The molecule has 1 N–H and O–H groups in total. The first-order valence-electron chi connectivity index (χ1n) is 12.6. The summed E-state index contributed by atoms with van der Waals surface area (Å²) in [4.78, 5) is 0.231. The Labute approximate surface area is 226 Å². The zero-order chi connectivity index (χ0) is 26.1. The normalized spacial score (nSPS) is 13.4. The van der Waals surface area contributed by atoms with E-state index in [1.54, 1.807) is 28.7 Å². The van der Waals surface area contributed by atoms with Crippen molar-refractivity contribution in [3.63, 3.8) is 0 Å². The molecule has 2 atom stereocenters. The van der Waals surface area contributed by atoms with Crippen LogP contribution in [0.2, 0.25) is 0 Å². The Kier molecular flexibility index (Phi) is 9.53. The van der Waals surface area contributed by atoms with E-state index in [9.17, 15) is 8.42 Å². The number of aryl methyl sites for hydroxylation is 2. The fourth-order valence-corrected chi connectivity index (χ4v) is 6.04. The minimum atomic E-state index is -3.81. The number of nitrogens with zero attached hydrogens (tertiary/aromatic N) is 1. The SMILES string of the molecule is Cc1ccc(S(=O)(=O)NC(c2ccccc2)C(c2ccccc2)N(Cl)CCCCc2ccccc2)cc1. The van der Waals surface area contributed by atoms with Crippen molar-refractivity contribution in [2.45, 2.75) is 43.2 Å². The largest absolute Gasteiger partial charge is 0.241 e. The summed E-state index contributed by atoms with van der Waals surface area (Å²) >= 11 is 7.00. The fourth-order valence-electron chi connectivity index (χ4n) is 4.47. The molecule has 0 aliphatic carbocycles. The maximum atomic E-state index is 13.5. The number of benzene rings is 4. The van der Waals surface area contributed by atoms with Gasteiger partial charge in [0, 0.05) is 6.54 Å². The first kappa shape index (κ1) is 27.1. The van der Waals surface area contributed by atoms with Gasteiger partial charge in [-0.2, -0.15) is 0 Å². The Morgan fingerprint density at radius 1 is 0.730 bits per heavy atom. The molecule has 0 saturated heterocycles. The van der Waals surface area contributed by atoms with Crippen molar-refractivity contribution >= 4 is 21.8 Å². The highest BCUT2D eigenvalue weighted by Gasteiger charge is 2.33. The molecule has 192 valence electrons. The third-order valence-corrected chi connectivity index (χ3v) is 8.30. The lowest BCUT2D eigenvalue weighted by Gasteiger charge is -2.34. The Morgan fingerprint density at radius 2 is 1.27 bits per heavy atom. The van der Waals surface area contributed by atoms with Crippen molar-refractivity contribution in [1.29, 1.82) is 0 Å². The summed E-state index contributed by atoms with van der Waals surface area (Å²) in [6.07, 6.45) is 2.84. The van der Waals surface area contributed by atoms with Crippen LogP contribution in [0.4, 0.5) is 0 Å². The van der Waals surface area contributed by atoms with E-state index in [1.165, 1.54) is 5.56 Å². The van der Waals surface area contributed by atoms with E-state index in [0.717, 1.165) is 36.0 Å². The van der Waals surface area contributed by atoms with E-state index in [4.69, 9.17) is 11.8 Å². The highest BCUT2D eigenvalue weighted by molar-refractivity contribution is 7.89. The molecule has 6 heteroatoms. The van der Waals surface area contributed by atoms with E-state index < -0.39 is 22.1 Å². The second kappa shape index (κ2) is 13.0. The third-order valence-electron chi connectivity index (χ3n) is 6.46. The van der Waals surface area contributed by atoms with Gasteiger partial charge in [-0.3, -0.25) is 0 Å². The Morgan fingerprint density at radius 3 is 1.86 bits per heavy atom. The van der Waals surface area contributed by atoms with Crippen LogP contribution in [0.1, 0.15) is 47.2 Å². The molecule has 0 saturated carbocycles. The summed E-state index contributed by atoms with van der Waals surface area (Å²) in [6.45, 7) is 2.55. The van der Waals surface area contributed by atoms with Crippen molar-refractivity contribution in [1.82, 2.24) is 9.14 Å². The van der Waals surface area contributed by atoms with E-state index in [0.29, 0.717) is 6.54 Å². The summed E-state index contributed by atoms with van der Waals surface area (Å²) in [6, 6.07) is 35.8. The quantitative estimate of drug-likeness (QED) is 0.154. The second-order valence-electron chi connectivity index (χ2n) is 9.24. The molecule has 0 spiro atoms. The summed E-state index contributed by atoms with van der Waals surface area (Å²) < 4.78 is 31.8.